The summed E-state index contributed by atoms with van der Waals surface area (Å²) in [6.07, 6.45) is -0.304. The summed E-state index contributed by atoms with van der Waals surface area (Å²) in [5, 5.41) is 12.7. The molecule has 3 unspecified atom stereocenters. The van der Waals surface area contributed by atoms with Crippen molar-refractivity contribution in [2.75, 3.05) is 18.8 Å². The van der Waals surface area contributed by atoms with Crippen molar-refractivity contribution in [3.63, 3.8) is 0 Å². The Morgan fingerprint density at radius 2 is 1.81 bits per heavy atom. The van der Waals surface area contributed by atoms with Gasteiger partial charge in [-0.05, 0) is 68.6 Å². The highest BCUT2D eigenvalue weighted by Gasteiger charge is 2.58. The van der Waals surface area contributed by atoms with Crippen LogP contribution in [0.25, 0.3) is 0 Å². The third kappa shape index (κ3) is 4.06. The molecule has 32 heavy (non-hydrogen) atoms. The number of anilines is 1. The number of nitrogens with one attached hydrogen (secondary N) is 2. The van der Waals surface area contributed by atoms with Gasteiger partial charge in [0.25, 0.3) is 5.91 Å². The lowest BCUT2D eigenvalue weighted by molar-refractivity contribution is -0.137. The maximum atomic E-state index is 13.3. The summed E-state index contributed by atoms with van der Waals surface area (Å²) in [4.78, 5) is 13.3. The van der Waals surface area contributed by atoms with Crippen molar-refractivity contribution in [1.82, 2.24) is 9.62 Å². The molecular formula is C21H25F3N4O3S. The zero-order valence-corrected chi connectivity index (χ0v) is 18.6. The molecule has 0 saturated heterocycles. The molecule has 4 aliphatic carbocycles. The van der Waals surface area contributed by atoms with Gasteiger partial charge < -0.3 is 5.32 Å². The van der Waals surface area contributed by atoms with Crippen molar-refractivity contribution >= 4 is 21.8 Å². The highest BCUT2D eigenvalue weighted by Crippen LogP contribution is 2.61. The topological polar surface area (TPSA) is 102 Å². The molecule has 0 heterocycles. The molecule has 4 bridgehead atoms. The number of nitriles is 1. The maximum Gasteiger partial charge on any atom is 0.416 e. The summed E-state index contributed by atoms with van der Waals surface area (Å²) in [7, 11) is -1.51. The van der Waals surface area contributed by atoms with Gasteiger partial charge in [0.2, 0.25) is 0 Å². The van der Waals surface area contributed by atoms with E-state index in [2.05, 4.69) is 16.1 Å². The van der Waals surface area contributed by atoms with Crippen molar-refractivity contribution in [2.45, 2.75) is 50.2 Å². The zero-order chi connectivity index (χ0) is 23.5. The number of carbonyl (C=O) groups excluding carboxylic acids is 1. The van der Waals surface area contributed by atoms with Crippen molar-refractivity contribution in [3.05, 3.63) is 29.3 Å². The quantitative estimate of drug-likeness (QED) is 0.687. The molecule has 7 nitrogen and oxygen atoms in total. The summed E-state index contributed by atoms with van der Waals surface area (Å²) in [6.45, 7) is 0. The van der Waals surface area contributed by atoms with Gasteiger partial charge in [0, 0.05) is 19.6 Å². The first-order chi connectivity index (χ1) is 14.8. The van der Waals surface area contributed by atoms with Crippen LogP contribution in [0.5, 0.6) is 0 Å². The fourth-order valence-electron chi connectivity index (χ4n) is 6.08. The van der Waals surface area contributed by atoms with E-state index in [0.29, 0.717) is 37.2 Å². The van der Waals surface area contributed by atoms with Crippen LogP contribution in [-0.2, 0) is 16.4 Å². The van der Waals surface area contributed by atoms with Gasteiger partial charge in [-0.15, -0.1) is 0 Å². The molecule has 4 aliphatic rings. The Morgan fingerprint density at radius 1 is 1.19 bits per heavy atom. The molecular weight excluding hydrogens is 445 g/mol. The van der Waals surface area contributed by atoms with Crippen LogP contribution in [0.3, 0.4) is 0 Å². The maximum absolute atomic E-state index is 13.3. The molecule has 0 aromatic heterocycles. The van der Waals surface area contributed by atoms with Crippen molar-refractivity contribution in [3.8, 4) is 6.07 Å². The molecule has 4 saturated carbocycles. The molecule has 4 fully saturated rings. The van der Waals surface area contributed by atoms with Gasteiger partial charge in [-0.3, -0.25) is 9.52 Å². The first-order valence-electron chi connectivity index (χ1n) is 10.4. The van der Waals surface area contributed by atoms with E-state index in [1.54, 1.807) is 0 Å². The van der Waals surface area contributed by atoms with Crippen molar-refractivity contribution < 1.29 is 26.4 Å². The number of amides is 1. The van der Waals surface area contributed by atoms with E-state index in [1.807, 2.05) is 0 Å². The second kappa shape index (κ2) is 7.35. The number of nitrogens with zero attached hydrogens (tertiary/aromatic N) is 2. The molecule has 0 aliphatic heterocycles. The average Bonchev–Trinajstić information content (AvgIpc) is 2.65. The van der Waals surface area contributed by atoms with Gasteiger partial charge in [-0.2, -0.15) is 31.2 Å². The van der Waals surface area contributed by atoms with E-state index in [4.69, 9.17) is 0 Å². The van der Waals surface area contributed by atoms with Gasteiger partial charge in [0.1, 0.15) is 0 Å². The van der Waals surface area contributed by atoms with E-state index in [0.717, 1.165) is 35.7 Å². The lowest BCUT2D eigenvalue weighted by atomic mass is 9.47. The molecule has 5 rings (SSSR count). The molecule has 11 heteroatoms. The summed E-state index contributed by atoms with van der Waals surface area (Å²) in [6, 6.07) is 4.79. The van der Waals surface area contributed by atoms with E-state index >= 15 is 0 Å². The Kier molecular flexibility index (Phi) is 5.25. The predicted molar refractivity (Wildman–Crippen MR) is 111 cm³/mol. The fourth-order valence-corrected chi connectivity index (χ4v) is 6.71. The molecule has 174 valence electrons. The number of halogens is 3. The largest absolute Gasteiger partial charge is 0.416 e. The Labute approximate surface area is 185 Å². The second-order valence-electron chi connectivity index (χ2n) is 9.74. The van der Waals surface area contributed by atoms with Crippen molar-refractivity contribution in [1.29, 1.82) is 5.26 Å². The minimum Gasteiger partial charge on any atom is -0.346 e. The fraction of sp³-hybridized carbons (Fsp3) is 0.619. The number of hydrogen-bond acceptors (Lipinski definition) is 4. The van der Waals surface area contributed by atoms with E-state index < -0.39 is 44.4 Å². The molecule has 1 amide bonds. The highest BCUT2D eigenvalue weighted by molar-refractivity contribution is 7.90. The Morgan fingerprint density at radius 3 is 2.34 bits per heavy atom. The van der Waals surface area contributed by atoms with Crippen LogP contribution in [0.2, 0.25) is 0 Å². The summed E-state index contributed by atoms with van der Waals surface area (Å²) in [5.74, 6) is -0.184. The van der Waals surface area contributed by atoms with E-state index in [9.17, 15) is 31.6 Å². The van der Waals surface area contributed by atoms with Crippen LogP contribution in [0.1, 0.15) is 54.4 Å². The Hall–Kier alpha value is -2.32. The van der Waals surface area contributed by atoms with E-state index in [1.165, 1.54) is 14.1 Å². The first kappa shape index (κ1) is 22.9. The standard InChI is InChI=1S/C21H25F3N4O3S/c1-28(2)32(30,31)27-17-4-3-15(21(22,23)24)6-16(17)18(29)26-20-9-13-5-14(10-20)8-19(7-13,11-20)12-25/h3-4,6,13-14,27H,5,7-11H2,1-2H3,(H,26,29)/t13-,14?,19?,20?/m1/s1. The number of benzene rings is 1. The minimum atomic E-state index is -4.69. The van der Waals surface area contributed by atoms with Gasteiger partial charge in [-0.25, -0.2) is 0 Å². The molecule has 0 radical (unpaired) electrons. The molecule has 4 atom stereocenters. The van der Waals surface area contributed by atoms with Gasteiger partial charge in [0.15, 0.2) is 0 Å². The first-order valence-corrected chi connectivity index (χ1v) is 11.9. The van der Waals surface area contributed by atoms with Crippen LogP contribution in [-0.4, -0.2) is 38.3 Å². The predicted octanol–water partition coefficient (Wildman–Crippen LogP) is 3.52. The normalized spacial score (nSPS) is 31.4. The van der Waals surface area contributed by atoms with Gasteiger partial charge in [0.05, 0.1) is 28.3 Å². The Balaban J connectivity index is 1.69. The van der Waals surface area contributed by atoms with Gasteiger partial charge >= 0.3 is 16.4 Å². The van der Waals surface area contributed by atoms with Crippen molar-refractivity contribution in [2.24, 2.45) is 17.3 Å². The number of hydrogen-bond donors (Lipinski definition) is 2. The zero-order valence-electron chi connectivity index (χ0n) is 17.8. The monoisotopic (exact) mass is 470 g/mol. The Bertz CT molecular complexity index is 1080. The number of alkyl halides is 3. The van der Waals surface area contributed by atoms with Crippen LogP contribution >= 0.6 is 0 Å². The summed E-state index contributed by atoms with van der Waals surface area (Å²) in [5.41, 5.74) is -2.85. The smallest absolute Gasteiger partial charge is 0.346 e. The lowest BCUT2D eigenvalue weighted by Gasteiger charge is -2.59. The minimum absolute atomic E-state index is 0.232. The van der Waals surface area contributed by atoms with Gasteiger partial charge in [-0.1, -0.05) is 0 Å². The third-order valence-corrected chi connectivity index (χ3v) is 8.43. The molecule has 1 aromatic rings. The van der Waals surface area contributed by atoms with Crippen LogP contribution < -0.4 is 10.0 Å². The van der Waals surface area contributed by atoms with Crippen LogP contribution in [0.4, 0.5) is 18.9 Å². The second-order valence-corrected chi connectivity index (χ2v) is 11.6. The molecule has 2 N–H and O–H groups in total. The summed E-state index contributed by atoms with van der Waals surface area (Å²) >= 11 is 0. The highest BCUT2D eigenvalue weighted by atomic mass is 32.2. The summed E-state index contributed by atoms with van der Waals surface area (Å²) < 4.78 is 67.6. The third-order valence-electron chi connectivity index (χ3n) is 6.99. The molecule has 0 spiro atoms. The number of carbonyl (C=O) groups is 1. The SMILES string of the molecule is CN(C)S(=O)(=O)Nc1ccc(C(F)(F)F)cc1C(=O)NC12CC3C[C@H](CC(C#N)(C3)C1)C2. The number of rotatable bonds is 5. The lowest BCUT2D eigenvalue weighted by Crippen LogP contribution is -2.62. The van der Waals surface area contributed by atoms with Crippen LogP contribution in [0.15, 0.2) is 18.2 Å². The van der Waals surface area contributed by atoms with Crippen LogP contribution in [0, 0.1) is 28.6 Å². The van der Waals surface area contributed by atoms with E-state index in [-0.39, 0.29) is 5.69 Å². The average molecular weight is 471 g/mol. The molecule has 1 aromatic carbocycles.